The summed E-state index contributed by atoms with van der Waals surface area (Å²) in [5.41, 5.74) is 4.24. The van der Waals surface area contributed by atoms with E-state index < -0.39 is 5.76 Å². The Balaban J connectivity index is 1.32. The van der Waals surface area contributed by atoms with Gasteiger partial charge in [-0.05, 0) is 61.1 Å². The average Bonchev–Trinajstić information content (AvgIpc) is 3.24. The largest absolute Gasteiger partial charge is 0.439 e. The molecular formula is C21H19N3O3. The molecule has 1 aromatic heterocycles. The maximum Gasteiger partial charge on any atom is 0.439 e. The molecule has 2 aromatic carbocycles. The van der Waals surface area contributed by atoms with Gasteiger partial charge >= 0.3 is 5.76 Å². The second kappa shape index (κ2) is 5.94. The number of rotatable bonds is 3. The molecule has 27 heavy (non-hydrogen) atoms. The first-order valence-electron chi connectivity index (χ1n) is 9.21. The number of hydrogen-bond acceptors (Lipinski definition) is 4. The molecule has 1 fully saturated rings. The maximum atomic E-state index is 12.8. The van der Waals surface area contributed by atoms with E-state index in [4.69, 9.17) is 0 Å². The number of hydrogen-bond donors (Lipinski definition) is 2. The summed E-state index contributed by atoms with van der Waals surface area (Å²) in [5, 5.41) is 6.70. The van der Waals surface area contributed by atoms with E-state index in [1.54, 1.807) is 12.1 Å². The van der Waals surface area contributed by atoms with Gasteiger partial charge in [-0.15, -0.1) is 0 Å². The van der Waals surface area contributed by atoms with Crippen molar-refractivity contribution in [2.24, 2.45) is 5.92 Å². The summed E-state index contributed by atoms with van der Waals surface area (Å²) in [6.45, 7) is 0. The predicted octanol–water partition coefficient (Wildman–Crippen LogP) is 3.26. The normalized spacial score (nSPS) is 23.0. The Kier molecular flexibility index (Phi) is 3.53. The highest BCUT2D eigenvalue weighted by Gasteiger charge is 2.60. The molecule has 3 aromatic rings. The summed E-state index contributed by atoms with van der Waals surface area (Å²) in [7, 11) is 0. The fraction of sp³-hybridized carbons (Fsp3) is 0.286. The minimum absolute atomic E-state index is 0.0269. The zero-order valence-electron chi connectivity index (χ0n) is 14.7. The van der Waals surface area contributed by atoms with Gasteiger partial charge < -0.3 is 5.32 Å². The van der Waals surface area contributed by atoms with Crippen LogP contribution in [0.4, 0.5) is 5.69 Å². The first kappa shape index (κ1) is 16.1. The van der Waals surface area contributed by atoms with Gasteiger partial charge in [-0.2, -0.15) is 0 Å². The van der Waals surface area contributed by atoms with Crippen molar-refractivity contribution >= 4 is 11.6 Å². The second-order valence-corrected chi connectivity index (χ2v) is 7.43. The molecule has 2 atom stereocenters. The van der Waals surface area contributed by atoms with Crippen molar-refractivity contribution in [2.75, 3.05) is 5.32 Å². The third kappa shape index (κ3) is 2.68. The van der Waals surface area contributed by atoms with Gasteiger partial charge in [0.15, 0.2) is 5.82 Å². The van der Waals surface area contributed by atoms with Gasteiger partial charge in [0.05, 0.1) is 0 Å². The molecule has 1 saturated carbocycles. The lowest BCUT2D eigenvalue weighted by Crippen LogP contribution is -2.24. The van der Waals surface area contributed by atoms with Gasteiger partial charge in [-0.1, -0.05) is 29.4 Å². The zero-order valence-corrected chi connectivity index (χ0v) is 14.7. The van der Waals surface area contributed by atoms with Crippen LogP contribution >= 0.6 is 0 Å². The quantitative estimate of drug-likeness (QED) is 0.749. The van der Waals surface area contributed by atoms with Crippen LogP contribution in [-0.2, 0) is 16.6 Å². The van der Waals surface area contributed by atoms with Crippen molar-refractivity contribution in [3.8, 4) is 11.4 Å². The predicted molar refractivity (Wildman–Crippen MR) is 100 cm³/mol. The van der Waals surface area contributed by atoms with Gasteiger partial charge in [0.25, 0.3) is 0 Å². The highest BCUT2D eigenvalue weighted by molar-refractivity contribution is 5.96. The van der Waals surface area contributed by atoms with E-state index in [1.807, 2.05) is 12.1 Å². The molecule has 6 heteroatoms. The molecule has 0 saturated heterocycles. The number of fused-ring (bicyclic) bond motifs is 2. The van der Waals surface area contributed by atoms with Crippen molar-refractivity contribution < 1.29 is 9.32 Å². The molecule has 2 N–H and O–H groups in total. The standard InChI is InChI=1S/C21H19N3O3/c25-19(17-12-21(17)11-3-5-13-4-1-2-6-16(13)21)22-15-9-7-14(8-10-15)18-23-20(26)27-24-18/h1-2,4,6-10,17H,3,5,11-12H2,(H,22,25)(H,23,24,26). The van der Waals surface area contributed by atoms with E-state index >= 15 is 0 Å². The Morgan fingerprint density at radius 3 is 2.78 bits per heavy atom. The minimum Gasteiger partial charge on any atom is -0.326 e. The fourth-order valence-corrected chi connectivity index (χ4v) is 4.47. The Hall–Kier alpha value is -3.15. The van der Waals surface area contributed by atoms with E-state index in [0.29, 0.717) is 5.82 Å². The maximum absolute atomic E-state index is 12.8. The Labute approximate surface area is 155 Å². The molecular weight excluding hydrogens is 342 g/mol. The van der Waals surface area contributed by atoms with Gasteiger partial charge in [0.1, 0.15) is 0 Å². The van der Waals surface area contributed by atoms with Crippen LogP contribution in [0.2, 0.25) is 0 Å². The number of amides is 1. The van der Waals surface area contributed by atoms with Gasteiger partial charge in [-0.25, -0.2) is 4.79 Å². The summed E-state index contributed by atoms with van der Waals surface area (Å²) < 4.78 is 4.51. The molecule has 2 unspecified atom stereocenters. The fourth-order valence-electron chi connectivity index (χ4n) is 4.47. The van der Waals surface area contributed by atoms with Crippen LogP contribution in [-0.4, -0.2) is 16.0 Å². The summed E-state index contributed by atoms with van der Waals surface area (Å²) in [6.07, 6.45) is 4.26. The lowest BCUT2D eigenvalue weighted by molar-refractivity contribution is -0.117. The van der Waals surface area contributed by atoms with Gasteiger partial charge in [-0.3, -0.25) is 14.3 Å². The van der Waals surface area contributed by atoms with Crippen molar-refractivity contribution in [1.29, 1.82) is 0 Å². The van der Waals surface area contributed by atoms with Crippen LogP contribution in [0.25, 0.3) is 11.4 Å². The first-order chi connectivity index (χ1) is 13.2. The third-order valence-corrected chi connectivity index (χ3v) is 5.88. The lowest BCUT2D eigenvalue weighted by Gasteiger charge is -2.26. The zero-order chi connectivity index (χ0) is 18.4. The number of carbonyl (C=O) groups excluding carboxylic acids is 1. The summed E-state index contributed by atoms with van der Waals surface area (Å²) in [5.74, 6) is -0.105. The number of carbonyl (C=O) groups is 1. The Bertz CT molecular complexity index is 1070. The first-order valence-corrected chi connectivity index (χ1v) is 9.21. The number of H-pyrrole nitrogens is 1. The summed E-state index contributed by atoms with van der Waals surface area (Å²) >= 11 is 0. The molecule has 2 aliphatic carbocycles. The van der Waals surface area contributed by atoms with E-state index in [2.05, 4.69) is 44.2 Å². The molecule has 1 spiro atoms. The van der Waals surface area contributed by atoms with Crippen LogP contribution < -0.4 is 11.1 Å². The number of nitrogens with one attached hydrogen (secondary N) is 2. The number of aryl methyl sites for hydroxylation is 1. The van der Waals surface area contributed by atoms with Crippen LogP contribution in [0.1, 0.15) is 30.4 Å². The van der Waals surface area contributed by atoms with Gasteiger partial charge in [0, 0.05) is 22.6 Å². The molecule has 0 radical (unpaired) electrons. The van der Waals surface area contributed by atoms with Crippen molar-refractivity contribution in [3.63, 3.8) is 0 Å². The smallest absolute Gasteiger partial charge is 0.326 e. The number of anilines is 1. The lowest BCUT2D eigenvalue weighted by atomic mass is 9.78. The molecule has 0 bridgehead atoms. The van der Waals surface area contributed by atoms with Crippen LogP contribution in [0.15, 0.2) is 57.8 Å². The van der Waals surface area contributed by atoms with Crippen LogP contribution in [0, 0.1) is 5.92 Å². The van der Waals surface area contributed by atoms with Crippen LogP contribution in [0.5, 0.6) is 0 Å². The molecule has 1 heterocycles. The molecule has 136 valence electrons. The highest BCUT2D eigenvalue weighted by atomic mass is 16.5. The highest BCUT2D eigenvalue weighted by Crippen LogP contribution is 2.60. The van der Waals surface area contributed by atoms with E-state index in [0.717, 1.165) is 36.9 Å². The summed E-state index contributed by atoms with van der Waals surface area (Å²) in [6, 6.07) is 15.7. The Morgan fingerprint density at radius 1 is 1.19 bits per heavy atom. The van der Waals surface area contributed by atoms with E-state index in [9.17, 15) is 9.59 Å². The number of aromatic nitrogens is 2. The molecule has 2 aliphatic rings. The number of benzene rings is 2. The third-order valence-electron chi connectivity index (χ3n) is 5.88. The Morgan fingerprint density at radius 2 is 2.00 bits per heavy atom. The molecule has 5 rings (SSSR count). The number of aromatic amines is 1. The molecule has 1 amide bonds. The van der Waals surface area contributed by atoms with E-state index in [1.165, 1.54) is 11.1 Å². The topological polar surface area (TPSA) is 88.0 Å². The van der Waals surface area contributed by atoms with Crippen molar-refractivity contribution in [2.45, 2.75) is 31.1 Å². The SMILES string of the molecule is O=C(Nc1ccc(-c2noc(=O)[nH]2)cc1)C1CC12CCCc1ccccc12. The second-order valence-electron chi connectivity index (χ2n) is 7.43. The van der Waals surface area contributed by atoms with Crippen molar-refractivity contribution in [1.82, 2.24) is 10.1 Å². The van der Waals surface area contributed by atoms with Crippen molar-refractivity contribution in [3.05, 3.63) is 70.2 Å². The summed E-state index contributed by atoms with van der Waals surface area (Å²) in [4.78, 5) is 26.4. The minimum atomic E-state index is -0.589. The van der Waals surface area contributed by atoms with Crippen LogP contribution in [0.3, 0.4) is 0 Å². The number of nitrogens with zero attached hydrogens (tertiary/aromatic N) is 1. The van der Waals surface area contributed by atoms with E-state index in [-0.39, 0.29) is 17.2 Å². The molecule has 0 aliphatic heterocycles. The monoisotopic (exact) mass is 361 g/mol. The molecule has 6 nitrogen and oxygen atoms in total. The average molecular weight is 361 g/mol. The van der Waals surface area contributed by atoms with Gasteiger partial charge in [0.2, 0.25) is 5.91 Å².